The van der Waals surface area contributed by atoms with Gasteiger partial charge < -0.3 is 14.5 Å². The summed E-state index contributed by atoms with van der Waals surface area (Å²) in [5.41, 5.74) is 2.15. The first-order valence-corrected chi connectivity index (χ1v) is 11.8. The van der Waals surface area contributed by atoms with Crippen LogP contribution in [0.25, 0.3) is 0 Å². The molecule has 168 valence electrons. The lowest BCUT2D eigenvalue weighted by atomic mass is 9.78. The van der Waals surface area contributed by atoms with Crippen molar-refractivity contribution in [3.05, 3.63) is 29.8 Å². The molecule has 1 aromatic rings. The fourth-order valence-corrected chi connectivity index (χ4v) is 5.67. The van der Waals surface area contributed by atoms with Gasteiger partial charge in [-0.05, 0) is 49.1 Å². The quantitative estimate of drug-likeness (QED) is 0.692. The molecule has 1 saturated heterocycles. The zero-order valence-electron chi connectivity index (χ0n) is 18.7. The smallest absolute Gasteiger partial charge is 0.310 e. The Morgan fingerprint density at radius 2 is 1.68 bits per heavy atom. The minimum absolute atomic E-state index is 0.0246. The highest BCUT2D eigenvalue weighted by molar-refractivity contribution is 5.99. The number of ether oxygens (including phenoxy) is 1. The van der Waals surface area contributed by atoms with Crippen LogP contribution in [0, 0.1) is 23.7 Å². The Morgan fingerprint density at radius 3 is 2.42 bits per heavy atom. The van der Waals surface area contributed by atoms with Crippen molar-refractivity contribution in [2.45, 2.75) is 52.4 Å². The Kier molecular flexibility index (Phi) is 6.63. The standard InChI is InChI=1S/C25H34N2O4/c1-17-13-18(2)15-26(14-17)23(28)16-31-25(30)21-9-5-4-8-20(21)24(29)27-12-11-19-7-3-6-10-22(19)27/h3,6-7,10,17-18,20-21H,4-5,8-9,11-16H2,1-2H3. The lowest BCUT2D eigenvalue weighted by Crippen LogP contribution is -2.45. The number of hydrogen-bond donors (Lipinski definition) is 0. The third-order valence-electron chi connectivity index (χ3n) is 7.10. The van der Waals surface area contributed by atoms with E-state index in [1.165, 1.54) is 5.56 Å². The molecule has 0 aromatic heterocycles. The van der Waals surface area contributed by atoms with Crippen LogP contribution >= 0.6 is 0 Å². The minimum Gasteiger partial charge on any atom is -0.455 e. The molecule has 0 N–H and O–H groups in total. The van der Waals surface area contributed by atoms with Crippen LogP contribution in [0.3, 0.4) is 0 Å². The predicted octanol–water partition coefficient (Wildman–Crippen LogP) is 3.43. The first kappa shape index (κ1) is 21.8. The van der Waals surface area contributed by atoms with E-state index in [0.29, 0.717) is 31.2 Å². The summed E-state index contributed by atoms with van der Waals surface area (Å²) in [6.07, 6.45) is 5.18. The monoisotopic (exact) mass is 426 g/mol. The summed E-state index contributed by atoms with van der Waals surface area (Å²) in [6, 6.07) is 7.98. The second kappa shape index (κ2) is 9.41. The average molecular weight is 427 g/mol. The molecule has 0 spiro atoms. The van der Waals surface area contributed by atoms with Crippen molar-refractivity contribution in [3.8, 4) is 0 Å². The number of fused-ring (bicyclic) bond motifs is 1. The Balaban J connectivity index is 1.37. The molecule has 1 saturated carbocycles. The SMILES string of the molecule is CC1CC(C)CN(C(=O)COC(=O)C2CCCCC2C(=O)N2CCc3ccccc32)C1. The van der Waals surface area contributed by atoms with E-state index in [2.05, 4.69) is 19.9 Å². The highest BCUT2D eigenvalue weighted by Gasteiger charge is 2.40. The van der Waals surface area contributed by atoms with Crippen LogP contribution in [-0.2, 0) is 25.5 Å². The van der Waals surface area contributed by atoms with Crippen molar-refractivity contribution in [1.82, 2.24) is 4.90 Å². The number of benzene rings is 1. The molecule has 6 nitrogen and oxygen atoms in total. The number of rotatable bonds is 4. The van der Waals surface area contributed by atoms with Gasteiger partial charge in [0.2, 0.25) is 5.91 Å². The second-order valence-electron chi connectivity index (χ2n) is 9.72. The molecule has 1 aromatic carbocycles. The van der Waals surface area contributed by atoms with E-state index in [0.717, 1.165) is 44.5 Å². The van der Waals surface area contributed by atoms with Gasteiger partial charge in [-0.15, -0.1) is 0 Å². The largest absolute Gasteiger partial charge is 0.455 e. The van der Waals surface area contributed by atoms with Gasteiger partial charge in [-0.2, -0.15) is 0 Å². The summed E-state index contributed by atoms with van der Waals surface area (Å²) in [7, 11) is 0. The van der Waals surface area contributed by atoms with Crippen LogP contribution in [0.4, 0.5) is 5.69 Å². The lowest BCUT2D eigenvalue weighted by Gasteiger charge is -2.35. The number of piperidine rings is 1. The molecule has 3 aliphatic rings. The Morgan fingerprint density at radius 1 is 1.00 bits per heavy atom. The fourth-order valence-electron chi connectivity index (χ4n) is 5.67. The van der Waals surface area contributed by atoms with Gasteiger partial charge in [0.05, 0.1) is 11.8 Å². The predicted molar refractivity (Wildman–Crippen MR) is 118 cm³/mol. The van der Waals surface area contributed by atoms with Gasteiger partial charge in [-0.25, -0.2) is 0 Å². The number of carbonyl (C=O) groups is 3. The normalized spacial score (nSPS) is 28.2. The van der Waals surface area contributed by atoms with Crippen molar-refractivity contribution >= 4 is 23.5 Å². The van der Waals surface area contributed by atoms with E-state index in [1.807, 2.05) is 28.0 Å². The van der Waals surface area contributed by atoms with Gasteiger partial charge in [0, 0.05) is 25.3 Å². The van der Waals surface area contributed by atoms with Crippen LogP contribution in [-0.4, -0.2) is 48.9 Å². The lowest BCUT2D eigenvalue weighted by molar-refractivity contribution is -0.160. The number of carbonyl (C=O) groups excluding carboxylic acids is 3. The summed E-state index contributed by atoms with van der Waals surface area (Å²) in [5, 5.41) is 0. The van der Waals surface area contributed by atoms with E-state index < -0.39 is 11.9 Å². The van der Waals surface area contributed by atoms with Crippen molar-refractivity contribution in [3.63, 3.8) is 0 Å². The van der Waals surface area contributed by atoms with E-state index in [4.69, 9.17) is 4.74 Å². The molecule has 0 bridgehead atoms. The van der Waals surface area contributed by atoms with Crippen molar-refractivity contribution in [2.24, 2.45) is 23.7 Å². The number of esters is 1. The second-order valence-corrected chi connectivity index (χ2v) is 9.72. The number of para-hydroxylation sites is 1. The topological polar surface area (TPSA) is 66.9 Å². The molecule has 6 heteroatoms. The van der Waals surface area contributed by atoms with Crippen LogP contribution in [0.5, 0.6) is 0 Å². The third-order valence-corrected chi connectivity index (χ3v) is 7.10. The van der Waals surface area contributed by atoms with E-state index in [1.54, 1.807) is 0 Å². The molecule has 1 aliphatic carbocycles. The molecule has 4 unspecified atom stereocenters. The zero-order chi connectivity index (χ0) is 22.0. The molecule has 2 aliphatic heterocycles. The van der Waals surface area contributed by atoms with Gasteiger partial charge in [-0.1, -0.05) is 44.9 Å². The van der Waals surface area contributed by atoms with Crippen LogP contribution < -0.4 is 4.90 Å². The van der Waals surface area contributed by atoms with Gasteiger partial charge in [0.15, 0.2) is 6.61 Å². The maximum atomic E-state index is 13.4. The first-order chi connectivity index (χ1) is 14.9. The third kappa shape index (κ3) is 4.78. The Labute approximate surface area is 184 Å². The molecule has 4 atom stereocenters. The number of likely N-dealkylation sites (tertiary alicyclic amines) is 1. The summed E-state index contributed by atoms with van der Waals surface area (Å²) < 4.78 is 5.48. The molecular formula is C25H34N2O4. The van der Waals surface area contributed by atoms with E-state index >= 15 is 0 Å². The Bertz CT molecular complexity index is 829. The summed E-state index contributed by atoms with van der Waals surface area (Å²) in [4.78, 5) is 42.6. The average Bonchev–Trinajstić information content (AvgIpc) is 3.20. The van der Waals surface area contributed by atoms with Crippen molar-refractivity contribution in [2.75, 3.05) is 31.1 Å². The van der Waals surface area contributed by atoms with Gasteiger partial charge in [0.1, 0.15) is 0 Å². The maximum absolute atomic E-state index is 13.4. The molecule has 2 amide bonds. The van der Waals surface area contributed by atoms with E-state index in [-0.39, 0.29) is 24.3 Å². The Hall–Kier alpha value is -2.37. The molecule has 2 fully saturated rings. The minimum atomic E-state index is -0.457. The van der Waals surface area contributed by atoms with E-state index in [9.17, 15) is 14.4 Å². The van der Waals surface area contributed by atoms with Crippen molar-refractivity contribution < 1.29 is 19.1 Å². The van der Waals surface area contributed by atoms with Gasteiger partial charge in [-0.3, -0.25) is 14.4 Å². The number of hydrogen-bond acceptors (Lipinski definition) is 4. The molecular weight excluding hydrogens is 392 g/mol. The number of nitrogens with zero attached hydrogens (tertiary/aromatic N) is 2. The first-order valence-electron chi connectivity index (χ1n) is 11.8. The fraction of sp³-hybridized carbons (Fsp3) is 0.640. The maximum Gasteiger partial charge on any atom is 0.310 e. The molecule has 2 heterocycles. The van der Waals surface area contributed by atoms with Gasteiger partial charge in [0.25, 0.3) is 5.91 Å². The summed E-state index contributed by atoms with van der Waals surface area (Å²) >= 11 is 0. The molecule has 0 radical (unpaired) electrons. The highest BCUT2D eigenvalue weighted by atomic mass is 16.5. The zero-order valence-corrected chi connectivity index (χ0v) is 18.7. The van der Waals surface area contributed by atoms with Crippen LogP contribution in [0.2, 0.25) is 0 Å². The molecule has 4 rings (SSSR count). The number of anilines is 1. The van der Waals surface area contributed by atoms with Crippen molar-refractivity contribution in [1.29, 1.82) is 0 Å². The van der Waals surface area contributed by atoms with Gasteiger partial charge >= 0.3 is 5.97 Å². The van der Waals surface area contributed by atoms with Crippen LogP contribution in [0.15, 0.2) is 24.3 Å². The summed E-state index contributed by atoms with van der Waals surface area (Å²) in [6.45, 7) is 6.19. The highest BCUT2D eigenvalue weighted by Crippen LogP contribution is 2.36. The van der Waals surface area contributed by atoms with Crippen LogP contribution in [0.1, 0.15) is 51.5 Å². The number of amides is 2. The summed E-state index contributed by atoms with van der Waals surface area (Å²) in [5.74, 6) is -0.384. The molecule has 31 heavy (non-hydrogen) atoms.